The van der Waals surface area contributed by atoms with E-state index in [4.69, 9.17) is 0 Å². The van der Waals surface area contributed by atoms with E-state index in [0.29, 0.717) is 0 Å². The molecule has 4 heteroatoms. The molecule has 96 valence electrons. The molecule has 0 bridgehead atoms. The number of imidazole rings is 1. The normalized spacial score (nSPS) is 20.1. The number of anilines is 1. The van der Waals surface area contributed by atoms with Crippen LogP contribution in [-0.2, 0) is 0 Å². The van der Waals surface area contributed by atoms with Gasteiger partial charge in [0.1, 0.15) is 11.5 Å². The minimum absolute atomic E-state index is 0.827. The Labute approximate surface area is 107 Å². The van der Waals surface area contributed by atoms with Gasteiger partial charge < -0.3 is 10.6 Å². The molecule has 2 N–H and O–H groups in total. The molecular formula is C14H20N4. The molecule has 0 aliphatic carbocycles. The van der Waals surface area contributed by atoms with Crippen LogP contribution in [0.25, 0.3) is 5.65 Å². The van der Waals surface area contributed by atoms with Gasteiger partial charge in [-0.15, -0.1) is 0 Å². The lowest BCUT2D eigenvalue weighted by molar-refractivity contribution is 0.364. The van der Waals surface area contributed by atoms with Gasteiger partial charge >= 0.3 is 0 Å². The molecular weight excluding hydrogens is 224 g/mol. The lowest BCUT2D eigenvalue weighted by Crippen LogP contribution is -2.30. The molecule has 1 saturated heterocycles. The van der Waals surface area contributed by atoms with E-state index in [2.05, 4.69) is 26.1 Å². The van der Waals surface area contributed by atoms with E-state index < -0.39 is 0 Å². The van der Waals surface area contributed by atoms with Crippen molar-refractivity contribution in [1.29, 1.82) is 0 Å². The van der Waals surface area contributed by atoms with Crippen LogP contribution in [0.5, 0.6) is 0 Å². The Kier molecular flexibility index (Phi) is 3.46. The predicted octanol–water partition coefficient (Wildman–Crippen LogP) is 2.14. The van der Waals surface area contributed by atoms with E-state index in [1.807, 2.05) is 24.5 Å². The maximum absolute atomic E-state index is 4.29. The average molecular weight is 244 g/mol. The fraction of sp³-hybridized carbons (Fsp3) is 0.500. The van der Waals surface area contributed by atoms with Crippen molar-refractivity contribution in [3.8, 4) is 0 Å². The van der Waals surface area contributed by atoms with E-state index in [1.54, 1.807) is 0 Å². The molecule has 1 aliphatic heterocycles. The zero-order chi connectivity index (χ0) is 12.2. The van der Waals surface area contributed by atoms with Crippen molar-refractivity contribution in [2.24, 2.45) is 5.92 Å². The van der Waals surface area contributed by atoms with E-state index in [9.17, 15) is 0 Å². The van der Waals surface area contributed by atoms with Crippen LogP contribution in [0.1, 0.15) is 19.3 Å². The first-order valence-corrected chi connectivity index (χ1v) is 6.80. The second-order valence-electron chi connectivity index (χ2n) is 4.99. The SMILES string of the molecule is c1cc(NCCC2CCCNC2)n2ccnc2c1. The molecule has 1 unspecified atom stereocenters. The van der Waals surface area contributed by atoms with Crippen molar-refractivity contribution in [2.45, 2.75) is 19.3 Å². The number of nitrogens with zero attached hydrogens (tertiary/aromatic N) is 2. The highest BCUT2D eigenvalue weighted by atomic mass is 15.1. The Balaban J connectivity index is 1.57. The van der Waals surface area contributed by atoms with Crippen LogP contribution in [0, 0.1) is 5.92 Å². The molecule has 2 aromatic heterocycles. The topological polar surface area (TPSA) is 41.4 Å². The van der Waals surface area contributed by atoms with Gasteiger partial charge in [-0.25, -0.2) is 4.98 Å². The standard InChI is InChI=1S/C14H20N4/c1-4-13(18-10-9-17-14(18)5-1)16-8-6-12-3-2-7-15-11-12/h1,4-5,9-10,12,15-16H,2-3,6-8,11H2. The first kappa shape index (κ1) is 11.5. The average Bonchev–Trinajstić information content (AvgIpc) is 2.89. The van der Waals surface area contributed by atoms with Gasteiger partial charge in [0.2, 0.25) is 0 Å². The van der Waals surface area contributed by atoms with Crippen LogP contribution in [0.2, 0.25) is 0 Å². The second kappa shape index (κ2) is 5.40. The zero-order valence-corrected chi connectivity index (χ0v) is 10.6. The highest BCUT2D eigenvalue weighted by Crippen LogP contribution is 2.15. The second-order valence-corrected chi connectivity index (χ2v) is 4.99. The summed E-state index contributed by atoms with van der Waals surface area (Å²) < 4.78 is 2.10. The smallest absolute Gasteiger partial charge is 0.138 e. The van der Waals surface area contributed by atoms with Crippen molar-refractivity contribution in [3.63, 3.8) is 0 Å². The van der Waals surface area contributed by atoms with Crippen molar-refractivity contribution in [1.82, 2.24) is 14.7 Å². The summed E-state index contributed by atoms with van der Waals surface area (Å²) in [6.45, 7) is 3.40. The summed E-state index contributed by atoms with van der Waals surface area (Å²) >= 11 is 0. The van der Waals surface area contributed by atoms with Crippen LogP contribution >= 0.6 is 0 Å². The van der Waals surface area contributed by atoms with Gasteiger partial charge in [-0.1, -0.05) is 6.07 Å². The lowest BCUT2D eigenvalue weighted by Gasteiger charge is -2.22. The Morgan fingerprint density at radius 2 is 2.44 bits per heavy atom. The molecule has 0 amide bonds. The predicted molar refractivity (Wildman–Crippen MR) is 73.9 cm³/mol. The Morgan fingerprint density at radius 1 is 1.44 bits per heavy atom. The molecule has 0 saturated carbocycles. The summed E-state index contributed by atoms with van der Waals surface area (Å²) in [7, 11) is 0. The summed E-state index contributed by atoms with van der Waals surface area (Å²) in [6.07, 6.45) is 7.76. The number of aromatic nitrogens is 2. The molecule has 3 heterocycles. The zero-order valence-electron chi connectivity index (χ0n) is 10.6. The van der Waals surface area contributed by atoms with Gasteiger partial charge in [0, 0.05) is 18.9 Å². The summed E-state index contributed by atoms with van der Waals surface area (Å²) in [6, 6.07) is 6.18. The molecule has 0 radical (unpaired) electrons. The third-order valence-corrected chi connectivity index (χ3v) is 3.69. The van der Waals surface area contributed by atoms with Crippen LogP contribution < -0.4 is 10.6 Å². The fourth-order valence-corrected chi connectivity index (χ4v) is 2.67. The van der Waals surface area contributed by atoms with Gasteiger partial charge in [0.05, 0.1) is 0 Å². The third-order valence-electron chi connectivity index (χ3n) is 3.69. The molecule has 2 aromatic rings. The van der Waals surface area contributed by atoms with Gasteiger partial charge in [-0.2, -0.15) is 0 Å². The molecule has 1 aliphatic rings. The van der Waals surface area contributed by atoms with Gasteiger partial charge in [-0.05, 0) is 50.4 Å². The largest absolute Gasteiger partial charge is 0.371 e. The number of fused-ring (bicyclic) bond motifs is 1. The van der Waals surface area contributed by atoms with E-state index >= 15 is 0 Å². The summed E-state index contributed by atoms with van der Waals surface area (Å²) in [5.41, 5.74) is 0.999. The van der Waals surface area contributed by atoms with Crippen molar-refractivity contribution in [2.75, 3.05) is 25.0 Å². The molecule has 1 atom stereocenters. The van der Waals surface area contributed by atoms with E-state index in [0.717, 1.165) is 23.9 Å². The van der Waals surface area contributed by atoms with Crippen LogP contribution in [0.15, 0.2) is 30.6 Å². The maximum atomic E-state index is 4.29. The number of hydrogen-bond donors (Lipinski definition) is 2. The highest BCUT2D eigenvalue weighted by Gasteiger charge is 2.12. The number of rotatable bonds is 4. The fourth-order valence-electron chi connectivity index (χ4n) is 2.67. The van der Waals surface area contributed by atoms with Gasteiger partial charge in [0.15, 0.2) is 0 Å². The minimum Gasteiger partial charge on any atom is -0.371 e. The van der Waals surface area contributed by atoms with Gasteiger partial charge in [0.25, 0.3) is 0 Å². The molecule has 3 rings (SSSR count). The number of piperidine rings is 1. The first-order chi connectivity index (χ1) is 8.93. The third kappa shape index (κ3) is 2.48. The lowest BCUT2D eigenvalue weighted by atomic mass is 9.96. The first-order valence-electron chi connectivity index (χ1n) is 6.80. The Morgan fingerprint density at radius 3 is 3.33 bits per heavy atom. The molecule has 1 fully saturated rings. The number of nitrogens with one attached hydrogen (secondary N) is 2. The highest BCUT2D eigenvalue weighted by molar-refractivity contribution is 5.49. The van der Waals surface area contributed by atoms with Crippen LogP contribution in [-0.4, -0.2) is 29.0 Å². The van der Waals surface area contributed by atoms with Gasteiger partial charge in [-0.3, -0.25) is 4.40 Å². The van der Waals surface area contributed by atoms with Crippen molar-refractivity contribution >= 4 is 11.5 Å². The molecule has 4 nitrogen and oxygen atoms in total. The van der Waals surface area contributed by atoms with E-state index in [1.165, 1.54) is 32.4 Å². The minimum atomic E-state index is 0.827. The molecule has 0 spiro atoms. The monoisotopic (exact) mass is 244 g/mol. The maximum Gasteiger partial charge on any atom is 0.138 e. The quantitative estimate of drug-likeness (QED) is 0.865. The Bertz CT molecular complexity index is 499. The summed E-state index contributed by atoms with van der Waals surface area (Å²) in [4.78, 5) is 4.29. The molecule has 0 aromatic carbocycles. The van der Waals surface area contributed by atoms with Crippen molar-refractivity contribution in [3.05, 3.63) is 30.6 Å². The van der Waals surface area contributed by atoms with E-state index in [-0.39, 0.29) is 0 Å². The molecule has 18 heavy (non-hydrogen) atoms. The summed E-state index contributed by atoms with van der Waals surface area (Å²) in [5, 5.41) is 6.98. The van der Waals surface area contributed by atoms with Crippen LogP contribution in [0.4, 0.5) is 5.82 Å². The number of hydrogen-bond acceptors (Lipinski definition) is 3. The van der Waals surface area contributed by atoms with Crippen molar-refractivity contribution < 1.29 is 0 Å². The number of pyridine rings is 1. The Hall–Kier alpha value is -1.55. The summed E-state index contributed by atoms with van der Waals surface area (Å²) in [5.74, 6) is 1.96. The van der Waals surface area contributed by atoms with Crippen LogP contribution in [0.3, 0.4) is 0 Å².